The van der Waals surface area contributed by atoms with Gasteiger partial charge in [0.15, 0.2) is 0 Å². The number of nitrogens with one attached hydrogen (secondary N) is 2. The van der Waals surface area contributed by atoms with Crippen molar-refractivity contribution in [3.05, 3.63) is 42.0 Å². The Labute approximate surface area is 175 Å². The third-order valence-electron chi connectivity index (χ3n) is 4.27. The summed E-state index contributed by atoms with van der Waals surface area (Å²) < 4.78 is 64.1. The Morgan fingerprint density at radius 2 is 1.73 bits per heavy atom. The van der Waals surface area contributed by atoms with E-state index >= 15 is 0 Å². The maximum absolute atomic E-state index is 12.8. The molecule has 166 valence electrons. The Bertz CT molecular complexity index is 922. The summed E-state index contributed by atoms with van der Waals surface area (Å²) >= 11 is 0. The molecule has 0 saturated heterocycles. The fourth-order valence-corrected chi connectivity index (χ4v) is 3.60. The number of pyridine rings is 1. The third-order valence-corrected chi connectivity index (χ3v) is 5.65. The number of anilines is 1. The van der Waals surface area contributed by atoms with E-state index in [0.717, 1.165) is 0 Å². The molecule has 2 aromatic rings. The van der Waals surface area contributed by atoms with Crippen molar-refractivity contribution in [2.24, 2.45) is 0 Å². The molecule has 1 unspecified atom stereocenters. The molecule has 1 aromatic carbocycles. The van der Waals surface area contributed by atoms with Crippen LogP contribution in [0.25, 0.3) is 0 Å². The summed E-state index contributed by atoms with van der Waals surface area (Å²) in [6.45, 7) is 6.45. The van der Waals surface area contributed by atoms with Crippen LogP contribution in [0.2, 0.25) is 0 Å². The van der Waals surface area contributed by atoms with E-state index < -0.39 is 22.4 Å². The predicted molar refractivity (Wildman–Crippen MR) is 111 cm³/mol. The summed E-state index contributed by atoms with van der Waals surface area (Å²) in [5.41, 5.74) is 0.492. The standard InChI is InChI=1S/C20H27F2N3O4S/c1-13(2)23-11-12-29-18-10-9-17(20(24-18)28-4)25-30(26,27)16-7-5-15(6-8-16)14(3)19(21)22/h5-10,13-14,19,23,25H,11-12H2,1-4H3. The van der Waals surface area contributed by atoms with Crippen LogP contribution in [0.5, 0.6) is 11.8 Å². The normalized spacial score (nSPS) is 12.8. The highest BCUT2D eigenvalue weighted by molar-refractivity contribution is 7.92. The lowest BCUT2D eigenvalue weighted by atomic mass is 10.0. The van der Waals surface area contributed by atoms with Crippen LogP contribution in [0.4, 0.5) is 14.5 Å². The number of halogens is 2. The van der Waals surface area contributed by atoms with Crippen LogP contribution < -0.4 is 19.5 Å². The van der Waals surface area contributed by atoms with E-state index in [0.29, 0.717) is 30.6 Å². The molecule has 30 heavy (non-hydrogen) atoms. The van der Waals surface area contributed by atoms with E-state index in [2.05, 4.69) is 15.0 Å². The fourth-order valence-electron chi connectivity index (χ4n) is 2.54. The first-order chi connectivity index (χ1) is 14.1. The molecular weight excluding hydrogens is 416 g/mol. The van der Waals surface area contributed by atoms with Crippen molar-refractivity contribution in [2.45, 2.75) is 44.1 Å². The average Bonchev–Trinajstić information content (AvgIpc) is 2.71. The number of benzene rings is 1. The third kappa shape index (κ3) is 6.53. The molecule has 0 amide bonds. The van der Waals surface area contributed by atoms with Gasteiger partial charge < -0.3 is 14.8 Å². The number of hydrogen-bond acceptors (Lipinski definition) is 6. The molecule has 0 bridgehead atoms. The van der Waals surface area contributed by atoms with Crippen LogP contribution in [-0.2, 0) is 10.0 Å². The topological polar surface area (TPSA) is 89.6 Å². The molecule has 0 aliphatic rings. The molecule has 0 aliphatic heterocycles. The minimum atomic E-state index is -3.96. The Morgan fingerprint density at radius 3 is 2.30 bits per heavy atom. The van der Waals surface area contributed by atoms with E-state index in [1.807, 2.05) is 13.8 Å². The second kappa shape index (κ2) is 10.5. The lowest BCUT2D eigenvalue weighted by molar-refractivity contribution is 0.121. The van der Waals surface area contributed by atoms with Crippen LogP contribution in [0.3, 0.4) is 0 Å². The summed E-state index contributed by atoms with van der Waals surface area (Å²) in [5, 5.41) is 3.20. The molecule has 2 N–H and O–H groups in total. The number of methoxy groups -OCH3 is 1. The number of sulfonamides is 1. The van der Waals surface area contributed by atoms with Gasteiger partial charge in [-0.05, 0) is 23.8 Å². The van der Waals surface area contributed by atoms with E-state index in [9.17, 15) is 17.2 Å². The summed E-state index contributed by atoms with van der Waals surface area (Å²) in [4.78, 5) is 4.10. The monoisotopic (exact) mass is 443 g/mol. The first-order valence-corrected chi connectivity index (χ1v) is 10.9. The van der Waals surface area contributed by atoms with Crippen molar-refractivity contribution in [1.29, 1.82) is 0 Å². The Kier molecular flexibility index (Phi) is 8.36. The zero-order valence-electron chi connectivity index (χ0n) is 17.4. The highest BCUT2D eigenvalue weighted by Crippen LogP contribution is 2.28. The molecule has 0 fully saturated rings. The Morgan fingerprint density at radius 1 is 1.07 bits per heavy atom. The van der Waals surface area contributed by atoms with E-state index in [-0.39, 0.29) is 16.5 Å². The summed E-state index contributed by atoms with van der Waals surface area (Å²) in [7, 11) is -2.59. The van der Waals surface area contributed by atoms with Crippen LogP contribution >= 0.6 is 0 Å². The highest BCUT2D eigenvalue weighted by Gasteiger charge is 2.20. The van der Waals surface area contributed by atoms with Gasteiger partial charge in [-0.2, -0.15) is 4.98 Å². The molecule has 2 rings (SSSR count). The number of ether oxygens (including phenoxy) is 2. The first kappa shape index (κ1) is 23.8. The first-order valence-electron chi connectivity index (χ1n) is 9.46. The van der Waals surface area contributed by atoms with Gasteiger partial charge in [0, 0.05) is 24.6 Å². The predicted octanol–water partition coefficient (Wildman–Crippen LogP) is 3.64. The molecule has 0 aliphatic carbocycles. The molecule has 10 heteroatoms. The van der Waals surface area contributed by atoms with Crippen LogP contribution in [-0.4, -0.2) is 46.1 Å². The molecular formula is C20H27F2N3O4S. The number of nitrogens with zero attached hydrogens (tertiary/aromatic N) is 1. The number of alkyl halides is 2. The van der Waals surface area contributed by atoms with Crippen molar-refractivity contribution < 1.29 is 26.7 Å². The minimum absolute atomic E-state index is 0.0517. The van der Waals surface area contributed by atoms with Gasteiger partial charge in [0.2, 0.25) is 18.2 Å². The fraction of sp³-hybridized carbons (Fsp3) is 0.450. The van der Waals surface area contributed by atoms with Crippen LogP contribution in [0.1, 0.15) is 32.3 Å². The maximum Gasteiger partial charge on any atom is 0.262 e. The average molecular weight is 444 g/mol. The van der Waals surface area contributed by atoms with Gasteiger partial charge in [-0.15, -0.1) is 0 Å². The summed E-state index contributed by atoms with van der Waals surface area (Å²) in [6.07, 6.45) is -2.53. The quantitative estimate of drug-likeness (QED) is 0.516. The van der Waals surface area contributed by atoms with Gasteiger partial charge in [0.25, 0.3) is 10.0 Å². The number of rotatable bonds is 11. The Balaban J connectivity index is 2.11. The van der Waals surface area contributed by atoms with Gasteiger partial charge in [0.05, 0.1) is 12.0 Å². The molecule has 0 radical (unpaired) electrons. The lowest BCUT2D eigenvalue weighted by Crippen LogP contribution is -2.27. The zero-order chi connectivity index (χ0) is 22.3. The van der Waals surface area contributed by atoms with Gasteiger partial charge in [-0.1, -0.05) is 32.9 Å². The molecule has 7 nitrogen and oxygen atoms in total. The smallest absolute Gasteiger partial charge is 0.262 e. The molecule has 1 heterocycles. The van der Waals surface area contributed by atoms with Crippen molar-refractivity contribution >= 4 is 15.7 Å². The minimum Gasteiger partial charge on any atom is -0.479 e. The zero-order valence-corrected chi connectivity index (χ0v) is 18.2. The summed E-state index contributed by atoms with van der Waals surface area (Å²) in [5.74, 6) is -0.635. The van der Waals surface area contributed by atoms with Crippen LogP contribution in [0.15, 0.2) is 41.3 Å². The van der Waals surface area contributed by atoms with Gasteiger partial charge in [-0.25, -0.2) is 17.2 Å². The van der Waals surface area contributed by atoms with Crippen molar-refractivity contribution in [2.75, 3.05) is 25.0 Å². The van der Waals surface area contributed by atoms with Gasteiger partial charge in [-0.3, -0.25) is 4.72 Å². The van der Waals surface area contributed by atoms with E-state index in [1.165, 1.54) is 50.4 Å². The van der Waals surface area contributed by atoms with Gasteiger partial charge in [0.1, 0.15) is 12.3 Å². The second-order valence-electron chi connectivity index (χ2n) is 6.96. The van der Waals surface area contributed by atoms with Crippen LogP contribution in [0, 0.1) is 0 Å². The second-order valence-corrected chi connectivity index (χ2v) is 8.64. The molecule has 1 aromatic heterocycles. The number of hydrogen-bond donors (Lipinski definition) is 2. The van der Waals surface area contributed by atoms with E-state index in [4.69, 9.17) is 9.47 Å². The van der Waals surface area contributed by atoms with Crippen molar-refractivity contribution in [1.82, 2.24) is 10.3 Å². The van der Waals surface area contributed by atoms with Crippen molar-refractivity contribution in [3.63, 3.8) is 0 Å². The SMILES string of the molecule is COc1nc(OCCNC(C)C)ccc1NS(=O)(=O)c1ccc(C(C)C(F)F)cc1. The van der Waals surface area contributed by atoms with Crippen molar-refractivity contribution in [3.8, 4) is 11.8 Å². The molecule has 1 atom stereocenters. The Hall–Kier alpha value is -2.46. The lowest BCUT2D eigenvalue weighted by Gasteiger charge is -2.14. The number of aromatic nitrogens is 1. The van der Waals surface area contributed by atoms with E-state index in [1.54, 1.807) is 0 Å². The maximum atomic E-state index is 12.8. The molecule has 0 spiro atoms. The summed E-state index contributed by atoms with van der Waals surface area (Å²) in [6, 6.07) is 8.68. The molecule has 0 saturated carbocycles. The highest BCUT2D eigenvalue weighted by atomic mass is 32.2. The van der Waals surface area contributed by atoms with Gasteiger partial charge >= 0.3 is 0 Å². The largest absolute Gasteiger partial charge is 0.479 e.